The Balaban J connectivity index is 1.99. The van der Waals surface area contributed by atoms with Gasteiger partial charge in [-0.25, -0.2) is 12.8 Å². The summed E-state index contributed by atoms with van der Waals surface area (Å²) < 4.78 is 35.8. The van der Waals surface area contributed by atoms with Gasteiger partial charge < -0.3 is 5.32 Å². The summed E-state index contributed by atoms with van der Waals surface area (Å²) >= 11 is 0. The first-order chi connectivity index (χ1) is 8.85. The summed E-state index contributed by atoms with van der Waals surface area (Å²) in [7, 11) is -3.16. The molecule has 0 saturated carbocycles. The Labute approximate surface area is 111 Å². The molecule has 0 unspecified atom stereocenters. The Morgan fingerprint density at radius 3 is 2.84 bits per heavy atom. The second-order valence-corrected chi connectivity index (χ2v) is 6.58. The maximum Gasteiger partial charge on any atom is 0.225 e. The monoisotopic (exact) mass is 283 g/mol. The number of benzene rings is 1. The van der Waals surface area contributed by atoms with Crippen LogP contribution in [0.5, 0.6) is 0 Å². The number of sulfone groups is 1. The second-order valence-electron chi connectivity index (χ2n) is 4.65. The normalized spacial score (nSPS) is 20.4. The molecule has 0 spiro atoms. The first kappa shape index (κ1) is 13.7. The van der Waals surface area contributed by atoms with E-state index in [-0.39, 0.29) is 23.8 Å². The molecule has 2 rings (SSSR count). The minimum absolute atomic E-state index is 0.0309. The van der Waals surface area contributed by atoms with Gasteiger partial charge in [0.25, 0.3) is 0 Å². The molecule has 1 N–H and O–H groups in total. The fourth-order valence-corrected chi connectivity index (χ4v) is 3.34. The fourth-order valence-electron chi connectivity index (χ4n) is 1.94. The lowest BCUT2D eigenvalue weighted by atomic mass is 10.1. The van der Waals surface area contributed by atoms with Crippen molar-refractivity contribution in [3.63, 3.8) is 0 Å². The Morgan fingerprint density at radius 2 is 2.21 bits per heavy atom. The number of amides is 1. The lowest BCUT2D eigenvalue weighted by molar-refractivity contribution is -0.116. The third-order valence-electron chi connectivity index (χ3n) is 2.85. The van der Waals surface area contributed by atoms with Gasteiger partial charge in [0, 0.05) is 17.7 Å². The van der Waals surface area contributed by atoms with Crippen LogP contribution in [0, 0.1) is 18.7 Å². The molecule has 4 nitrogen and oxygen atoms in total. The number of halogens is 1. The topological polar surface area (TPSA) is 63.2 Å². The number of carbonyl (C=O) groups is 1. The van der Waals surface area contributed by atoms with E-state index in [1.54, 1.807) is 13.0 Å². The third kappa shape index (κ3) is 3.64. The minimum atomic E-state index is -3.16. The van der Waals surface area contributed by atoms with Gasteiger partial charge in [0.1, 0.15) is 5.82 Å². The van der Waals surface area contributed by atoms with Crippen molar-refractivity contribution < 1.29 is 17.6 Å². The molecule has 0 aromatic heterocycles. The van der Waals surface area contributed by atoms with Crippen LogP contribution in [0.3, 0.4) is 0 Å². The van der Waals surface area contributed by atoms with Gasteiger partial charge in [-0.1, -0.05) is 12.1 Å². The SMILES string of the molecule is Cc1ccc(F)c(NC(=O)C[C@@H]2C=CS(=O)(=O)C2)c1. The molecule has 102 valence electrons. The van der Waals surface area contributed by atoms with Gasteiger partial charge in [-0.3, -0.25) is 4.79 Å². The van der Waals surface area contributed by atoms with Gasteiger partial charge in [0.15, 0.2) is 9.84 Å². The number of hydrogen-bond acceptors (Lipinski definition) is 3. The summed E-state index contributed by atoms with van der Waals surface area (Å²) in [6, 6.07) is 4.43. The first-order valence-electron chi connectivity index (χ1n) is 5.83. The molecule has 1 heterocycles. The van der Waals surface area contributed by atoms with E-state index in [1.165, 1.54) is 18.2 Å². The molecule has 0 saturated heterocycles. The van der Waals surface area contributed by atoms with Gasteiger partial charge in [-0.05, 0) is 24.6 Å². The highest BCUT2D eigenvalue weighted by molar-refractivity contribution is 7.94. The van der Waals surface area contributed by atoms with Crippen molar-refractivity contribution in [1.29, 1.82) is 0 Å². The molecule has 0 aliphatic carbocycles. The van der Waals surface area contributed by atoms with E-state index >= 15 is 0 Å². The van der Waals surface area contributed by atoms with Gasteiger partial charge in [0.2, 0.25) is 5.91 Å². The maximum absolute atomic E-state index is 13.4. The summed E-state index contributed by atoms with van der Waals surface area (Å²) in [5, 5.41) is 3.59. The molecule has 1 aliphatic heterocycles. The molecule has 1 aliphatic rings. The lowest BCUT2D eigenvalue weighted by Gasteiger charge is -2.09. The summed E-state index contributed by atoms with van der Waals surface area (Å²) in [6.07, 6.45) is 1.53. The van der Waals surface area contributed by atoms with Crippen molar-refractivity contribution in [1.82, 2.24) is 0 Å². The van der Waals surface area contributed by atoms with Gasteiger partial charge >= 0.3 is 0 Å². The molecule has 1 aromatic carbocycles. The Kier molecular flexibility index (Phi) is 3.71. The van der Waals surface area contributed by atoms with E-state index in [9.17, 15) is 17.6 Å². The van der Waals surface area contributed by atoms with Crippen LogP contribution in [0.2, 0.25) is 0 Å². The van der Waals surface area contributed by atoms with E-state index in [4.69, 9.17) is 0 Å². The average Bonchev–Trinajstić information content (AvgIpc) is 2.63. The predicted octanol–water partition coefficient (Wildman–Crippen LogP) is 2.02. The zero-order valence-electron chi connectivity index (χ0n) is 10.4. The van der Waals surface area contributed by atoms with Gasteiger partial charge in [0.05, 0.1) is 11.4 Å². The number of aryl methyl sites for hydroxylation is 1. The van der Waals surface area contributed by atoms with E-state index in [0.717, 1.165) is 11.0 Å². The van der Waals surface area contributed by atoms with Crippen LogP contribution in [-0.4, -0.2) is 20.1 Å². The van der Waals surface area contributed by atoms with Crippen LogP contribution in [0.4, 0.5) is 10.1 Å². The number of hydrogen-bond donors (Lipinski definition) is 1. The van der Waals surface area contributed by atoms with Crippen molar-refractivity contribution >= 4 is 21.4 Å². The zero-order valence-corrected chi connectivity index (χ0v) is 11.2. The quantitative estimate of drug-likeness (QED) is 0.923. The molecule has 6 heteroatoms. The van der Waals surface area contributed by atoms with Gasteiger partial charge in [-0.2, -0.15) is 0 Å². The van der Waals surface area contributed by atoms with Crippen molar-refractivity contribution in [3.05, 3.63) is 41.1 Å². The molecule has 0 fully saturated rings. The maximum atomic E-state index is 13.4. The van der Waals surface area contributed by atoms with Crippen LogP contribution >= 0.6 is 0 Å². The lowest BCUT2D eigenvalue weighted by Crippen LogP contribution is -2.18. The van der Waals surface area contributed by atoms with Gasteiger partial charge in [-0.15, -0.1) is 0 Å². The minimum Gasteiger partial charge on any atom is -0.324 e. The van der Waals surface area contributed by atoms with E-state index in [1.807, 2.05) is 0 Å². The van der Waals surface area contributed by atoms with Crippen molar-refractivity contribution in [3.8, 4) is 0 Å². The van der Waals surface area contributed by atoms with Crippen molar-refractivity contribution in [2.75, 3.05) is 11.1 Å². The molecule has 0 bridgehead atoms. The van der Waals surface area contributed by atoms with E-state index in [2.05, 4.69) is 5.32 Å². The fraction of sp³-hybridized carbons (Fsp3) is 0.308. The molecule has 0 radical (unpaired) electrons. The van der Waals surface area contributed by atoms with Crippen LogP contribution in [0.1, 0.15) is 12.0 Å². The summed E-state index contributed by atoms with van der Waals surface area (Å²) in [6.45, 7) is 1.79. The molecular formula is C13H14FNO3S. The highest BCUT2D eigenvalue weighted by atomic mass is 32.2. The number of carbonyl (C=O) groups excluding carboxylic acids is 1. The summed E-state index contributed by atoms with van der Waals surface area (Å²) in [5.41, 5.74) is 0.954. The van der Waals surface area contributed by atoms with Crippen molar-refractivity contribution in [2.45, 2.75) is 13.3 Å². The average molecular weight is 283 g/mol. The molecule has 1 atom stereocenters. The Morgan fingerprint density at radius 1 is 1.47 bits per heavy atom. The zero-order chi connectivity index (χ0) is 14.0. The standard InChI is InChI=1S/C13H14FNO3S/c1-9-2-3-11(14)12(6-9)15-13(16)7-10-4-5-19(17,18)8-10/h2-6,10H,7-8H2,1H3,(H,15,16)/t10-/m0/s1. The summed E-state index contributed by atoms with van der Waals surface area (Å²) in [4.78, 5) is 11.7. The van der Waals surface area contributed by atoms with Crippen LogP contribution in [-0.2, 0) is 14.6 Å². The number of anilines is 1. The Hall–Kier alpha value is -1.69. The number of allylic oxidation sites excluding steroid dienone is 1. The molecule has 1 amide bonds. The van der Waals surface area contributed by atoms with Crippen LogP contribution in [0.15, 0.2) is 29.7 Å². The predicted molar refractivity (Wildman–Crippen MR) is 70.8 cm³/mol. The van der Waals surface area contributed by atoms with Crippen molar-refractivity contribution in [2.24, 2.45) is 5.92 Å². The molecule has 1 aromatic rings. The molecule has 19 heavy (non-hydrogen) atoms. The highest BCUT2D eigenvalue weighted by Crippen LogP contribution is 2.20. The molecular weight excluding hydrogens is 269 g/mol. The smallest absolute Gasteiger partial charge is 0.225 e. The highest BCUT2D eigenvalue weighted by Gasteiger charge is 2.24. The first-order valence-corrected chi connectivity index (χ1v) is 7.54. The van der Waals surface area contributed by atoms with E-state index < -0.39 is 21.6 Å². The third-order valence-corrected chi connectivity index (χ3v) is 4.31. The largest absolute Gasteiger partial charge is 0.324 e. The van der Waals surface area contributed by atoms with Crippen LogP contribution < -0.4 is 5.32 Å². The summed E-state index contributed by atoms with van der Waals surface area (Å²) in [5.74, 6) is -1.29. The second kappa shape index (κ2) is 5.13. The van der Waals surface area contributed by atoms with Crippen LogP contribution in [0.25, 0.3) is 0 Å². The Bertz CT molecular complexity index is 637. The number of nitrogens with one attached hydrogen (secondary N) is 1. The van der Waals surface area contributed by atoms with E-state index in [0.29, 0.717) is 0 Å². The number of rotatable bonds is 3.